The average molecular weight is 432 g/mol. The summed E-state index contributed by atoms with van der Waals surface area (Å²) in [6, 6.07) is 15.3. The highest BCUT2D eigenvalue weighted by molar-refractivity contribution is 5.95. The zero-order valence-corrected chi connectivity index (χ0v) is 17.9. The zero-order chi connectivity index (χ0) is 22.5. The Hall–Kier alpha value is -3.61. The van der Waals surface area contributed by atoms with Crippen LogP contribution in [0.2, 0.25) is 0 Å². The number of halogens is 1. The van der Waals surface area contributed by atoms with E-state index in [0.717, 1.165) is 18.4 Å². The molecule has 0 saturated carbocycles. The minimum atomic E-state index is -0.313. The third-order valence-electron chi connectivity index (χ3n) is 5.70. The van der Waals surface area contributed by atoms with Crippen LogP contribution in [0.1, 0.15) is 56.6 Å². The van der Waals surface area contributed by atoms with Gasteiger partial charge in [0.25, 0.3) is 11.8 Å². The number of nitrogens with zero attached hydrogens (tertiary/aromatic N) is 3. The number of aromatic nitrogens is 2. The molecule has 32 heavy (non-hydrogen) atoms. The first kappa shape index (κ1) is 21.6. The highest BCUT2D eigenvalue weighted by atomic mass is 19.1. The molecule has 1 atom stereocenters. The van der Waals surface area contributed by atoms with Gasteiger partial charge in [-0.1, -0.05) is 30.3 Å². The van der Waals surface area contributed by atoms with Gasteiger partial charge < -0.3 is 10.2 Å². The first-order valence-corrected chi connectivity index (χ1v) is 10.7. The number of carbonyl (C=O) groups is 2. The summed E-state index contributed by atoms with van der Waals surface area (Å²) in [4.78, 5) is 36.3. The Balaban J connectivity index is 1.41. The van der Waals surface area contributed by atoms with E-state index < -0.39 is 0 Å². The molecule has 1 aliphatic rings. The van der Waals surface area contributed by atoms with Gasteiger partial charge in [0.05, 0.1) is 11.3 Å². The number of rotatable bonds is 5. The Labute approximate surface area is 186 Å². The molecule has 1 N–H and O–H groups in total. The van der Waals surface area contributed by atoms with Crippen LogP contribution in [-0.4, -0.2) is 39.8 Å². The zero-order valence-electron chi connectivity index (χ0n) is 17.9. The Kier molecular flexibility index (Phi) is 6.54. The van der Waals surface area contributed by atoms with Gasteiger partial charge in [0.1, 0.15) is 11.6 Å². The van der Waals surface area contributed by atoms with E-state index in [1.165, 1.54) is 12.1 Å². The van der Waals surface area contributed by atoms with Crippen molar-refractivity contribution in [1.82, 2.24) is 20.2 Å². The fourth-order valence-corrected chi connectivity index (χ4v) is 3.92. The van der Waals surface area contributed by atoms with Crippen molar-refractivity contribution in [2.75, 3.05) is 13.1 Å². The fourth-order valence-electron chi connectivity index (χ4n) is 3.92. The lowest BCUT2D eigenvalue weighted by molar-refractivity contribution is 0.0704. The maximum absolute atomic E-state index is 13.0. The maximum atomic E-state index is 13.0. The number of piperidine rings is 1. The second kappa shape index (κ2) is 9.68. The summed E-state index contributed by atoms with van der Waals surface area (Å²) in [6.07, 6.45) is 3.33. The second-order valence-corrected chi connectivity index (χ2v) is 7.99. The molecule has 1 fully saturated rings. The number of aryl methyl sites for hydroxylation is 1. The van der Waals surface area contributed by atoms with Crippen LogP contribution in [0.25, 0.3) is 0 Å². The number of hydrogen-bond acceptors (Lipinski definition) is 4. The van der Waals surface area contributed by atoms with E-state index in [4.69, 9.17) is 0 Å². The molecular weight excluding hydrogens is 407 g/mol. The minimum Gasteiger partial charge on any atom is -0.348 e. The molecule has 3 aromatic rings. The average Bonchev–Trinajstić information content (AvgIpc) is 2.83. The number of likely N-dealkylation sites (tertiary alicyclic amines) is 1. The summed E-state index contributed by atoms with van der Waals surface area (Å²) >= 11 is 0. The molecular formula is C25H25FN4O2. The summed E-state index contributed by atoms with van der Waals surface area (Å²) < 4.78 is 13.0. The third kappa shape index (κ3) is 4.99. The van der Waals surface area contributed by atoms with Crippen LogP contribution >= 0.6 is 0 Å². The molecule has 0 aliphatic carbocycles. The first-order valence-electron chi connectivity index (χ1n) is 10.7. The first-order chi connectivity index (χ1) is 15.5. The SMILES string of the molecule is Cc1nc(C2CCCN(C(=O)c3ccccc3)C2)ncc1C(=O)NCc1ccc(F)cc1. The summed E-state index contributed by atoms with van der Waals surface area (Å²) in [6.45, 7) is 3.35. The van der Waals surface area contributed by atoms with Crippen molar-refractivity contribution in [3.63, 3.8) is 0 Å². The van der Waals surface area contributed by atoms with E-state index in [-0.39, 0.29) is 23.5 Å². The van der Waals surface area contributed by atoms with Crippen LogP contribution in [0.4, 0.5) is 4.39 Å². The van der Waals surface area contributed by atoms with Crippen LogP contribution in [0.5, 0.6) is 0 Å². The van der Waals surface area contributed by atoms with Crippen molar-refractivity contribution < 1.29 is 14.0 Å². The molecule has 1 aromatic heterocycles. The molecule has 2 aromatic carbocycles. The minimum absolute atomic E-state index is 0.0174. The normalized spacial score (nSPS) is 15.9. The molecule has 7 heteroatoms. The molecule has 6 nitrogen and oxygen atoms in total. The Morgan fingerprint density at radius 3 is 2.59 bits per heavy atom. The summed E-state index contributed by atoms with van der Waals surface area (Å²) in [5, 5.41) is 2.82. The third-order valence-corrected chi connectivity index (χ3v) is 5.70. The Morgan fingerprint density at radius 1 is 1.12 bits per heavy atom. The number of nitrogens with one attached hydrogen (secondary N) is 1. The van der Waals surface area contributed by atoms with E-state index in [0.29, 0.717) is 42.3 Å². The summed E-state index contributed by atoms with van der Waals surface area (Å²) in [5.74, 6) is 0.118. The van der Waals surface area contributed by atoms with Gasteiger partial charge in [0, 0.05) is 37.3 Å². The van der Waals surface area contributed by atoms with Crippen molar-refractivity contribution >= 4 is 11.8 Å². The molecule has 1 saturated heterocycles. The highest BCUT2D eigenvalue weighted by Crippen LogP contribution is 2.26. The van der Waals surface area contributed by atoms with E-state index in [2.05, 4.69) is 15.3 Å². The van der Waals surface area contributed by atoms with Crippen LogP contribution in [0, 0.1) is 12.7 Å². The van der Waals surface area contributed by atoms with Gasteiger partial charge in [0.15, 0.2) is 0 Å². The van der Waals surface area contributed by atoms with Crippen LogP contribution in [0.3, 0.4) is 0 Å². The largest absolute Gasteiger partial charge is 0.348 e. The molecule has 2 amide bonds. The standard InChI is InChI=1S/C25H25FN4O2/c1-17-22(24(31)28-14-18-9-11-21(26)12-10-18)15-27-23(29-17)20-8-5-13-30(16-20)25(32)19-6-3-2-4-7-19/h2-4,6-7,9-12,15,20H,5,8,13-14,16H2,1H3,(H,28,31). The molecule has 1 aliphatic heterocycles. The molecule has 1 unspecified atom stereocenters. The lowest BCUT2D eigenvalue weighted by Gasteiger charge is -2.32. The van der Waals surface area contributed by atoms with Crippen LogP contribution in [-0.2, 0) is 6.54 Å². The lowest BCUT2D eigenvalue weighted by Crippen LogP contribution is -2.39. The van der Waals surface area contributed by atoms with Gasteiger partial charge in [-0.25, -0.2) is 14.4 Å². The van der Waals surface area contributed by atoms with Gasteiger partial charge in [-0.15, -0.1) is 0 Å². The molecule has 4 rings (SSSR count). The van der Waals surface area contributed by atoms with Crippen LogP contribution < -0.4 is 5.32 Å². The van der Waals surface area contributed by atoms with E-state index in [9.17, 15) is 14.0 Å². The van der Waals surface area contributed by atoms with Gasteiger partial charge in [-0.05, 0) is 49.6 Å². The van der Waals surface area contributed by atoms with Crippen molar-refractivity contribution in [1.29, 1.82) is 0 Å². The molecule has 0 radical (unpaired) electrons. The molecule has 0 bridgehead atoms. The topological polar surface area (TPSA) is 75.2 Å². The van der Waals surface area contributed by atoms with Gasteiger partial charge >= 0.3 is 0 Å². The number of benzene rings is 2. The number of amides is 2. The van der Waals surface area contributed by atoms with Gasteiger partial charge in [0.2, 0.25) is 0 Å². The quantitative estimate of drug-likeness (QED) is 0.664. The number of carbonyl (C=O) groups excluding carboxylic acids is 2. The molecule has 0 spiro atoms. The summed E-state index contributed by atoms with van der Waals surface area (Å²) in [7, 11) is 0. The molecule has 2 heterocycles. The highest BCUT2D eigenvalue weighted by Gasteiger charge is 2.27. The van der Waals surface area contributed by atoms with E-state index in [1.54, 1.807) is 25.3 Å². The Morgan fingerprint density at radius 2 is 1.88 bits per heavy atom. The van der Waals surface area contributed by atoms with Crippen molar-refractivity contribution in [2.24, 2.45) is 0 Å². The predicted octanol–water partition coefficient (Wildman–Crippen LogP) is 3.87. The van der Waals surface area contributed by atoms with Crippen molar-refractivity contribution in [2.45, 2.75) is 32.2 Å². The van der Waals surface area contributed by atoms with Gasteiger partial charge in [-0.3, -0.25) is 9.59 Å². The van der Waals surface area contributed by atoms with E-state index >= 15 is 0 Å². The maximum Gasteiger partial charge on any atom is 0.254 e. The fraction of sp³-hybridized carbons (Fsp3) is 0.280. The van der Waals surface area contributed by atoms with Crippen LogP contribution in [0.15, 0.2) is 60.8 Å². The van der Waals surface area contributed by atoms with Crippen molar-refractivity contribution in [3.8, 4) is 0 Å². The monoisotopic (exact) mass is 432 g/mol. The number of hydrogen-bond donors (Lipinski definition) is 1. The van der Waals surface area contributed by atoms with E-state index in [1.807, 2.05) is 35.2 Å². The smallest absolute Gasteiger partial charge is 0.254 e. The second-order valence-electron chi connectivity index (χ2n) is 7.99. The summed E-state index contributed by atoms with van der Waals surface area (Å²) in [5.41, 5.74) is 2.49. The Bertz CT molecular complexity index is 1100. The lowest BCUT2D eigenvalue weighted by atomic mass is 9.96. The predicted molar refractivity (Wildman–Crippen MR) is 119 cm³/mol. The van der Waals surface area contributed by atoms with Crippen molar-refractivity contribution in [3.05, 3.63) is 94.8 Å². The molecule has 164 valence electrons. The van der Waals surface area contributed by atoms with Gasteiger partial charge in [-0.2, -0.15) is 0 Å².